The summed E-state index contributed by atoms with van der Waals surface area (Å²) in [4.78, 5) is 0. The van der Waals surface area contributed by atoms with Gasteiger partial charge in [0.15, 0.2) is 0 Å². The van der Waals surface area contributed by atoms with E-state index in [0.717, 1.165) is 0 Å². The van der Waals surface area contributed by atoms with Crippen molar-refractivity contribution < 1.29 is 21.7 Å². The summed E-state index contributed by atoms with van der Waals surface area (Å²) < 4.78 is 0. The SMILES string of the molecule is [Ti+2].c1ccc2[cH-]ccc2c1.c1ccc2[cH-]ccc2c1. The molecule has 1 heteroatoms. The van der Waals surface area contributed by atoms with Gasteiger partial charge < -0.3 is 0 Å². The third kappa shape index (κ3) is 3.23. The van der Waals surface area contributed by atoms with E-state index in [9.17, 15) is 0 Å². The van der Waals surface area contributed by atoms with Crippen LogP contribution in [0.2, 0.25) is 0 Å². The molecule has 0 aliphatic heterocycles. The topological polar surface area (TPSA) is 0 Å². The van der Waals surface area contributed by atoms with E-state index in [1.165, 1.54) is 21.5 Å². The Labute approximate surface area is 128 Å². The summed E-state index contributed by atoms with van der Waals surface area (Å²) in [5.41, 5.74) is 0. The van der Waals surface area contributed by atoms with Crippen LogP contribution < -0.4 is 0 Å². The Bertz CT molecular complexity index is 620. The Balaban J connectivity index is 0.000000133. The molecule has 0 atom stereocenters. The molecule has 0 aliphatic carbocycles. The zero-order valence-corrected chi connectivity index (χ0v) is 12.1. The van der Waals surface area contributed by atoms with E-state index in [1.54, 1.807) is 0 Å². The van der Waals surface area contributed by atoms with Gasteiger partial charge in [-0.2, -0.15) is 35.0 Å². The van der Waals surface area contributed by atoms with Crippen molar-refractivity contribution in [3.8, 4) is 0 Å². The summed E-state index contributed by atoms with van der Waals surface area (Å²) in [6.45, 7) is 0. The van der Waals surface area contributed by atoms with Crippen LogP contribution >= 0.6 is 0 Å². The van der Waals surface area contributed by atoms with E-state index in [-0.39, 0.29) is 21.7 Å². The van der Waals surface area contributed by atoms with Gasteiger partial charge in [-0.3, -0.25) is 0 Å². The zero-order valence-electron chi connectivity index (χ0n) is 10.6. The molecule has 0 fully saturated rings. The average Bonchev–Trinajstić information content (AvgIpc) is 3.08. The van der Waals surface area contributed by atoms with E-state index >= 15 is 0 Å². The van der Waals surface area contributed by atoms with Crippen molar-refractivity contribution in [1.82, 2.24) is 0 Å². The summed E-state index contributed by atoms with van der Waals surface area (Å²) >= 11 is 0. The summed E-state index contributed by atoms with van der Waals surface area (Å²) in [6.07, 6.45) is 0. The first-order valence-electron chi connectivity index (χ1n) is 6.14. The molecule has 0 saturated carbocycles. The van der Waals surface area contributed by atoms with Crippen LogP contribution in [0, 0.1) is 0 Å². The van der Waals surface area contributed by atoms with Crippen molar-refractivity contribution in [2.45, 2.75) is 0 Å². The molecule has 0 saturated heterocycles. The maximum Gasteiger partial charge on any atom is 2.00 e. The van der Waals surface area contributed by atoms with Gasteiger partial charge >= 0.3 is 21.7 Å². The smallest absolute Gasteiger partial charge is 0.168 e. The number of rotatable bonds is 0. The molecule has 4 aromatic carbocycles. The molecule has 19 heavy (non-hydrogen) atoms. The van der Waals surface area contributed by atoms with Crippen molar-refractivity contribution in [3.05, 3.63) is 84.9 Å². The summed E-state index contributed by atoms with van der Waals surface area (Å²) in [5, 5.41) is 5.32. The Hall–Kier alpha value is -1.63. The second kappa shape index (κ2) is 6.51. The molecule has 0 heterocycles. The zero-order chi connectivity index (χ0) is 12.2. The molecule has 90 valence electrons. The van der Waals surface area contributed by atoms with Crippen LogP contribution in [0.4, 0.5) is 0 Å². The number of hydrogen-bond donors (Lipinski definition) is 0. The quantitative estimate of drug-likeness (QED) is 0.309. The minimum atomic E-state index is 0. The fourth-order valence-electron chi connectivity index (χ4n) is 2.14. The van der Waals surface area contributed by atoms with Gasteiger partial charge in [0.1, 0.15) is 0 Å². The molecule has 0 N–H and O–H groups in total. The largest absolute Gasteiger partial charge is 2.00 e. The fraction of sp³-hybridized carbons (Fsp3) is 0. The maximum absolute atomic E-state index is 2.12. The van der Waals surface area contributed by atoms with E-state index < -0.39 is 0 Å². The van der Waals surface area contributed by atoms with E-state index in [1.807, 2.05) is 0 Å². The Morgan fingerprint density at radius 3 is 1.37 bits per heavy atom. The molecule has 4 aromatic rings. The van der Waals surface area contributed by atoms with Gasteiger partial charge in [0.05, 0.1) is 0 Å². The van der Waals surface area contributed by atoms with Crippen LogP contribution in [-0.4, -0.2) is 0 Å². The first kappa shape index (κ1) is 13.8. The molecular formula is C18H14Ti. The maximum atomic E-state index is 2.12. The molecule has 0 spiro atoms. The predicted molar refractivity (Wildman–Crippen MR) is 79.1 cm³/mol. The van der Waals surface area contributed by atoms with Crippen LogP contribution in [0.3, 0.4) is 0 Å². The van der Waals surface area contributed by atoms with Crippen LogP contribution in [0.25, 0.3) is 21.5 Å². The van der Waals surface area contributed by atoms with Crippen molar-refractivity contribution in [1.29, 1.82) is 0 Å². The van der Waals surface area contributed by atoms with Gasteiger partial charge in [0.25, 0.3) is 0 Å². The molecular weight excluding hydrogens is 264 g/mol. The normalized spacial score (nSPS) is 9.68. The Kier molecular flexibility index (Phi) is 4.73. The van der Waals surface area contributed by atoms with Crippen molar-refractivity contribution in [2.75, 3.05) is 0 Å². The second-order valence-electron chi connectivity index (χ2n) is 4.31. The van der Waals surface area contributed by atoms with E-state index in [4.69, 9.17) is 0 Å². The van der Waals surface area contributed by atoms with Crippen molar-refractivity contribution in [2.24, 2.45) is 0 Å². The van der Waals surface area contributed by atoms with Crippen molar-refractivity contribution in [3.63, 3.8) is 0 Å². The Morgan fingerprint density at radius 1 is 0.526 bits per heavy atom. The van der Waals surface area contributed by atoms with Gasteiger partial charge in [-0.1, -0.05) is 12.1 Å². The van der Waals surface area contributed by atoms with Crippen LogP contribution in [0.15, 0.2) is 84.9 Å². The molecule has 0 aromatic heterocycles. The molecule has 0 bridgehead atoms. The van der Waals surface area contributed by atoms with E-state index in [2.05, 4.69) is 84.9 Å². The van der Waals surface area contributed by atoms with Crippen molar-refractivity contribution >= 4 is 21.5 Å². The minimum Gasteiger partial charge on any atom is -0.168 e. The van der Waals surface area contributed by atoms with E-state index in [0.29, 0.717) is 0 Å². The van der Waals surface area contributed by atoms with Gasteiger partial charge in [-0.15, -0.1) is 59.3 Å². The van der Waals surface area contributed by atoms with Gasteiger partial charge in [0, 0.05) is 0 Å². The standard InChI is InChI=1S/2C9H7.Ti/c2*1-2-5-9-7-3-6-8(9)4-1;/h2*1-7H;/q2*-1;+2. The second-order valence-corrected chi connectivity index (χ2v) is 4.31. The minimum absolute atomic E-state index is 0. The number of hydrogen-bond acceptors (Lipinski definition) is 0. The molecule has 0 nitrogen and oxygen atoms in total. The van der Waals surface area contributed by atoms with Crippen LogP contribution in [0.5, 0.6) is 0 Å². The third-order valence-electron chi connectivity index (χ3n) is 3.10. The average molecular weight is 278 g/mol. The first-order valence-corrected chi connectivity index (χ1v) is 6.14. The van der Waals surface area contributed by atoms with Crippen LogP contribution in [-0.2, 0) is 21.7 Å². The molecule has 0 amide bonds. The monoisotopic (exact) mass is 278 g/mol. The molecule has 0 aliphatic rings. The summed E-state index contributed by atoms with van der Waals surface area (Å²) in [5.74, 6) is 0. The first-order chi connectivity index (χ1) is 8.93. The molecule has 0 radical (unpaired) electrons. The Morgan fingerprint density at radius 2 is 0.947 bits per heavy atom. The van der Waals surface area contributed by atoms with Gasteiger partial charge in [0.2, 0.25) is 0 Å². The summed E-state index contributed by atoms with van der Waals surface area (Å²) in [7, 11) is 0. The van der Waals surface area contributed by atoms with Crippen LogP contribution in [0.1, 0.15) is 0 Å². The third-order valence-corrected chi connectivity index (χ3v) is 3.10. The number of fused-ring (bicyclic) bond motifs is 2. The number of benzene rings is 2. The molecule has 0 unspecified atom stereocenters. The van der Waals surface area contributed by atoms with Gasteiger partial charge in [-0.05, 0) is 0 Å². The summed E-state index contributed by atoms with van der Waals surface area (Å²) in [6, 6.07) is 29.3. The predicted octanol–water partition coefficient (Wildman–Crippen LogP) is 5.11. The molecule has 4 rings (SSSR count). The van der Waals surface area contributed by atoms with Gasteiger partial charge in [-0.25, -0.2) is 0 Å². The fourth-order valence-corrected chi connectivity index (χ4v) is 2.14.